The van der Waals surface area contributed by atoms with Crippen molar-refractivity contribution < 1.29 is 13.9 Å². The summed E-state index contributed by atoms with van der Waals surface area (Å²) < 4.78 is 9.93. The molecule has 1 aromatic carbocycles. The summed E-state index contributed by atoms with van der Waals surface area (Å²) in [6.07, 6.45) is 6.92. The van der Waals surface area contributed by atoms with Crippen molar-refractivity contribution in [2.24, 2.45) is 0 Å². The average Bonchev–Trinajstić information content (AvgIpc) is 2.47. The van der Waals surface area contributed by atoms with Crippen LogP contribution in [0.3, 0.4) is 0 Å². The number of fused-ring (bicyclic) bond motifs is 1. The summed E-state index contributed by atoms with van der Waals surface area (Å²) in [5.41, 5.74) is 0.00768. The lowest BCUT2D eigenvalue weighted by Crippen LogP contribution is -2.08. The third kappa shape index (κ3) is 4.41. The van der Waals surface area contributed by atoms with Crippen molar-refractivity contribution in [2.75, 3.05) is 0 Å². The number of carbonyl (C=O) groups excluding carboxylic acids is 1. The Labute approximate surface area is 122 Å². The van der Waals surface area contributed by atoms with Gasteiger partial charge in [0.1, 0.15) is 5.75 Å². The van der Waals surface area contributed by atoms with Gasteiger partial charge in [-0.2, -0.15) is 0 Å². The van der Waals surface area contributed by atoms with Gasteiger partial charge in [0.25, 0.3) is 0 Å². The standard InChI is InChI=1S/C16H19NO4/c1-2-3-4-5-6-7-15(18)21-12-8-9-13-14(10-12)17-11-20-16(13)19/h8-11H,2-7H2,1H3. The molecule has 2 rings (SSSR count). The number of unbranched alkanes of at least 4 members (excludes halogenated alkanes) is 4. The van der Waals surface area contributed by atoms with E-state index in [4.69, 9.17) is 4.74 Å². The second-order valence-electron chi connectivity index (χ2n) is 4.96. The summed E-state index contributed by atoms with van der Waals surface area (Å²) in [5.74, 6) is 0.146. The van der Waals surface area contributed by atoms with E-state index >= 15 is 0 Å². The number of aromatic nitrogens is 1. The molecule has 0 fully saturated rings. The Balaban J connectivity index is 1.91. The summed E-state index contributed by atoms with van der Waals surface area (Å²) >= 11 is 0. The first kappa shape index (κ1) is 15.2. The fourth-order valence-corrected chi connectivity index (χ4v) is 2.10. The summed E-state index contributed by atoms with van der Waals surface area (Å²) in [6, 6.07) is 4.70. The van der Waals surface area contributed by atoms with E-state index in [0.717, 1.165) is 25.7 Å². The molecule has 2 aromatic rings. The van der Waals surface area contributed by atoms with Crippen molar-refractivity contribution in [3.05, 3.63) is 35.0 Å². The molecule has 5 nitrogen and oxygen atoms in total. The smallest absolute Gasteiger partial charge is 0.346 e. The predicted octanol–water partition coefficient (Wildman–Crippen LogP) is 3.45. The number of nitrogens with zero attached hydrogens (tertiary/aromatic N) is 1. The maximum Gasteiger partial charge on any atom is 0.346 e. The van der Waals surface area contributed by atoms with E-state index in [1.807, 2.05) is 0 Å². The van der Waals surface area contributed by atoms with Gasteiger partial charge in [-0.15, -0.1) is 0 Å². The zero-order chi connectivity index (χ0) is 15.1. The Morgan fingerprint density at radius 3 is 2.86 bits per heavy atom. The predicted molar refractivity (Wildman–Crippen MR) is 79.3 cm³/mol. The van der Waals surface area contributed by atoms with E-state index in [1.165, 1.54) is 12.8 Å². The third-order valence-electron chi connectivity index (χ3n) is 3.26. The van der Waals surface area contributed by atoms with Gasteiger partial charge in [-0.1, -0.05) is 32.6 Å². The van der Waals surface area contributed by atoms with Crippen LogP contribution in [-0.2, 0) is 4.79 Å². The lowest BCUT2D eigenvalue weighted by atomic mass is 10.1. The molecule has 0 spiro atoms. The number of hydrogen-bond donors (Lipinski definition) is 0. The van der Waals surface area contributed by atoms with Gasteiger partial charge in [-0.05, 0) is 18.6 Å². The molecule has 0 saturated heterocycles. The van der Waals surface area contributed by atoms with Gasteiger partial charge in [-0.25, -0.2) is 9.78 Å². The van der Waals surface area contributed by atoms with Crippen molar-refractivity contribution in [3.8, 4) is 5.75 Å². The molecular weight excluding hydrogens is 270 g/mol. The normalized spacial score (nSPS) is 10.7. The minimum atomic E-state index is -0.450. The number of benzene rings is 1. The summed E-state index contributed by atoms with van der Waals surface area (Å²) in [5, 5.41) is 0.372. The zero-order valence-electron chi connectivity index (χ0n) is 12.1. The molecule has 0 N–H and O–H groups in total. The Kier molecular flexibility index (Phi) is 5.49. The van der Waals surface area contributed by atoms with Crippen LogP contribution in [0.1, 0.15) is 45.4 Å². The fourth-order valence-electron chi connectivity index (χ4n) is 2.10. The molecule has 1 heterocycles. The van der Waals surface area contributed by atoms with Crippen molar-refractivity contribution in [2.45, 2.75) is 45.4 Å². The van der Waals surface area contributed by atoms with Gasteiger partial charge in [0.15, 0.2) is 6.39 Å². The molecule has 0 unspecified atom stereocenters. The highest BCUT2D eigenvalue weighted by molar-refractivity contribution is 5.80. The highest BCUT2D eigenvalue weighted by Gasteiger charge is 2.07. The fraction of sp³-hybridized carbons (Fsp3) is 0.438. The molecule has 0 saturated carbocycles. The van der Waals surface area contributed by atoms with Crippen LogP contribution >= 0.6 is 0 Å². The number of carbonyl (C=O) groups is 1. The molecule has 0 bridgehead atoms. The van der Waals surface area contributed by atoms with E-state index in [1.54, 1.807) is 18.2 Å². The Bertz CT molecular complexity index is 663. The quantitative estimate of drug-likeness (QED) is 0.443. The molecule has 1 aromatic heterocycles. The Morgan fingerprint density at radius 2 is 2.05 bits per heavy atom. The highest BCUT2D eigenvalue weighted by atomic mass is 16.5. The van der Waals surface area contributed by atoms with Crippen molar-refractivity contribution in [1.82, 2.24) is 4.98 Å². The molecule has 112 valence electrons. The van der Waals surface area contributed by atoms with Crippen molar-refractivity contribution in [3.63, 3.8) is 0 Å². The van der Waals surface area contributed by atoms with Gasteiger partial charge in [0.2, 0.25) is 0 Å². The van der Waals surface area contributed by atoms with Gasteiger partial charge < -0.3 is 9.15 Å². The van der Waals surface area contributed by atoms with Crippen LogP contribution in [0.5, 0.6) is 5.75 Å². The lowest BCUT2D eigenvalue weighted by Gasteiger charge is -2.05. The minimum absolute atomic E-state index is 0.256. The van der Waals surface area contributed by atoms with Crippen LogP contribution in [0.15, 0.2) is 33.8 Å². The SMILES string of the molecule is CCCCCCCC(=O)Oc1ccc2c(=O)ocnc2c1. The van der Waals surface area contributed by atoms with E-state index in [0.29, 0.717) is 23.1 Å². The largest absolute Gasteiger partial charge is 0.426 e. The maximum absolute atomic E-state index is 11.7. The van der Waals surface area contributed by atoms with E-state index in [9.17, 15) is 9.59 Å². The maximum atomic E-state index is 11.7. The van der Waals surface area contributed by atoms with Crippen molar-refractivity contribution >= 4 is 16.9 Å². The molecule has 0 aliphatic heterocycles. The number of rotatable bonds is 7. The lowest BCUT2D eigenvalue weighted by molar-refractivity contribution is -0.134. The molecule has 0 atom stereocenters. The van der Waals surface area contributed by atoms with Gasteiger partial charge >= 0.3 is 11.6 Å². The average molecular weight is 289 g/mol. The molecular formula is C16H19NO4. The minimum Gasteiger partial charge on any atom is -0.426 e. The van der Waals surface area contributed by atoms with Crippen LogP contribution in [0.4, 0.5) is 0 Å². The Morgan fingerprint density at radius 1 is 1.24 bits per heavy atom. The monoisotopic (exact) mass is 289 g/mol. The van der Waals surface area contributed by atoms with E-state index in [2.05, 4.69) is 16.3 Å². The molecule has 0 radical (unpaired) electrons. The van der Waals surface area contributed by atoms with Crippen LogP contribution in [0.25, 0.3) is 10.9 Å². The Hall–Kier alpha value is -2.17. The van der Waals surface area contributed by atoms with Crippen LogP contribution in [0.2, 0.25) is 0 Å². The van der Waals surface area contributed by atoms with Gasteiger partial charge in [0, 0.05) is 12.5 Å². The summed E-state index contributed by atoms with van der Waals surface area (Å²) in [7, 11) is 0. The molecule has 0 aliphatic carbocycles. The van der Waals surface area contributed by atoms with Crippen molar-refractivity contribution in [1.29, 1.82) is 0 Å². The molecule has 0 aliphatic rings. The molecule has 0 amide bonds. The number of esters is 1. The van der Waals surface area contributed by atoms with Crippen LogP contribution in [0, 0.1) is 0 Å². The number of hydrogen-bond acceptors (Lipinski definition) is 5. The van der Waals surface area contributed by atoms with E-state index < -0.39 is 5.63 Å². The summed E-state index contributed by atoms with van der Waals surface area (Å²) in [4.78, 5) is 27.1. The first-order valence-electron chi connectivity index (χ1n) is 7.29. The second-order valence-corrected chi connectivity index (χ2v) is 4.96. The topological polar surface area (TPSA) is 69.4 Å². The molecule has 21 heavy (non-hydrogen) atoms. The molecule has 5 heteroatoms. The first-order valence-corrected chi connectivity index (χ1v) is 7.29. The number of ether oxygens (including phenoxy) is 1. The van der Waals surface area contributed by atoms with Gasteiger partial charge in [0.05, 0.1) is 10.9 Å². The van der Waals surface area contributed by atoms with Crippen LogP contribution in [-0.4, -0.2) is 11.0 Å². The van der Waals surface area contributed by atoms with Gasteiger partial charge in [-0.3, -0.25) is 4.79 Å². The highest BCUT2D eigenvalue weighted by Crippen LogP contribution is 2.17. The third-order valence-corrected chi connectivity index (χ3v) is 3.26. The summed E-state index contributed by atoms with van der Waals surface area (Å²) in [6.45, 7) is 2.16. The second kappa shape index (κ2) is 7.57. The first-order chi connectivity index (χ1) is 10.2. The van der Waals surface area contributed by atoms with E-state index in [-0.39, 0.29) is 5.97 Å². The zero-order valence-corrected chi connectivity index (χ0v) is 12.1. The van der Waals surface area contributed by atoms with Crippen LogP contribution < -0.4 is 10.4 Å².